The fourth-order valence-corrected chi connectivity index (χ4v) is 3.50. The number of fused-ring (bicyclic) bond motifs is 2. The zero-order chi connectivity index (χ0) is 19.5. The van der Waals surface area contributed by atoms with Crippen molar-refractivity contribution in [3.05, 3.63) is 36.5 Å². The lowest BCUT2D eigenvalue weighted by atomic mass is 9.96. The minimum atomic E-state index is -0.122. The molecule has 0 aromatic carbocycles. The molecule has 0 radical (unpaired) electrons. The number of aromatic nitrogens is 6. The van der Waals surface area contributed by atoms with Gasteiger partial charge in [0.25, 0.3) is 0 Å². The Morgan fingerprint density at radius 1 is 1.11 bits per heavy atom. The summed E-state index contributed by atoms with van der Waals surface area (Å²) >= 11 is 0. The Morgan fingerprint density at radius 3 is 2.71 bits per heavy atom. The molecule has 0 aliphatic carbocycles. The maximum absolute atomic E-state index is 5.60. The summed E-state index contributed by atoms with van der Waals surface area (Å²) in [7, 11) is 2.03. The first-order valence-corrected chi connectivity index (χ1v) is 9.31. The van der Waals surface area contributed by atoms with Gasteiger partial charge in [0.2, 0.25) is 0 Å². The first-order valence-electron chi connectivity index (χ1n) is 9.31. The van der Waals surface area contributed by atoms with Gasteiger partial charge in [-0.25, -0.2) is 0 Å². The Bertz CT molecular complexity index is 1150. The van der Waals surface area contributed by atoms with Gasteiger partial charge in [-0.3, -0.25) is 0 Å². The molecule has 4 aromatic rings. The van der Waals surface area contributed by atoms with Crippen molar-refractivity contribution < 1.29 is 4.42 Å². The second-order valence-electron chi connectivity index (χ2n) is 8.28. The molecule has 5 rings (SSSR count). The minimum absolute atomic E-state index is 0.122. The Hall–Kier alpha value is -3.23. The molecule has 5 heterocycles. The van der Waals surface area contributed by atoms with Gasteiger partial charge in [-0.2, -0.15) is 9.61 Å². The van der Waals surface area contributed by atoms with Gasteiger partial charge >= 0.3 is 0 Å². The van der Waals surface area contributed by atoms with Gasteiger partial charge in [0.05, 0.1) is 18.5 Å². The Kier molecular flexibility index (Phi) is 3.55. The normalized spacial score (nSPS) is 15.4. The van der Waals surface area contributed by atoms with Crippen LogP contribution < -0.4 is 9.80 Å². The summed E-state index contributed by atoms with van der Waals surface area (Å²) in [6, 6.07) is 6.18. The molecule has 1 aliphatic heterocycles. The molecule has 1 fully saturated rings. The maximum atomic E-state index is 5.60. The number of nitrogens with zero attached hydrogens (tertiary/aromatic N) is 8. The largest absolute Gasteiger partial charge is 0.460 e. The second-order valence-corrected chi connectivity index (χ2v) is 8.28. The molecule has 0 spiro atoms. The van der Waals surface area contributed by atoms with Crippen LogP contribution in [0.25, 0.3) is 16.6 Å². The van der Waals surface area contributed by atoms with E-state index in [1.54, 1.807) is 12.5 Å². The van der Waals surface area contributed by atoms with E-state index >= 15 is 0 Å². The molecule has 9 heteroatoms. The van der Waals surface area contributed by atoms with Crippen molar-refractivity contribution >= 4 is 28.3 Å². The third kappa shape index (κ3) is 2.57. The molecule has 0 saturated carbocycles. The average molecular weight is 378 g/mol. The molecule has 0 N–H and O–H groups in total. The van der Waals surface area contributed by atoms with Crippen LogP contribution in [0.3, 0.4) is 0 Å². The number of anilines is 2. The topological polar surface area (TPSA) is 88.5 Å². The summed E-state index contributed by atoms with van der Waals surface area (Å²) in [4.78, 5) is 4.37. The summed E-state index contributed by atoms with van der Waals surface area (Å²) in [6.07, 6.45) is 3.39. The molecule has 0 atom stereocenters. The summed E-state index contributed by atoms with van der Waals surface area (Å²) in [5.74, 6) is 2.55. The average Bonchev–Trinajstić information content (AvgIpc) is 3.25. The van der Waals surface area contributed by atoms with Crippen LogP contribution in [0, 0.1) is 0 Å². The fourth-order valence-electron chi connectivity index (χ4n) is 3.50. The lowest BCUT2D eigenvalue weighted by Crippen LogP contribution is -2.59. The Labute approximate surface area is 162 Å². The number of hydrogen-bond donors (Lipinski definition) is 0. The van der Waals surface area contributed by atoms with Gasteiger partial charge < -0.3 is 14.2 Å². The van der Waals surface area contributed by atoms with Crippen molar-refractivity contribution in [3.63, 3.8) is 0 Å². The summed E-state index contributed by atoms with van der Waals surface area (Å²) < 4.78 is 7.45. The molecular weight excluding hydrogens is 356 g/mol. The van der Waals surface area contributed by atoms with Gasteiger partial charge in [-0.1, -0.05) is 20.8 Å². The van der Waals surface area contributed by atoms with Gasteiger partial charge in [0.1, 0.15) is 5.82 Å². The third-order valence-corrected chi connectivity index (χ3v) is 5.24. The van der Waals surface area contributed by atoms with E-state index in [1.165, 1.54) is 0 Å². The number of hydrogen-bond acceptors (Lipinski definition) is 8. The number of rotatable bonds is 3. The molecule has 144 valence electrons. The predicted molar refractivity (Wildman–Crippen MR) is 106 cm³/mol. The zero-order valence-electron chi connectivity index (χ0n) is 16.4. The van der Waals surface area contributed by atoms with E-state index in [2.05, 4.69) is 51.0 Å². The summed E-state index contributed by atoms with van der Waals surface area (Å²) in [5.41, 5.74) is 1.42. The lowest BCUT2D eigenvalue weighted by Gasteiger charge is -2.44. The molecule has 0 unspecified atom stereocenters. The van der Waals surface area contributed by atoms with Crippen molar-refractivity contribution in [1.29, 1.82) is 0 Å². The van der Waals surface area contributed by atoms with E-state index in [4.69, 9.17) is 9.52 Å². The van der Waals surface area contributed by atoms with Crippen LogP contribution in [0.2, 0.25) is 0 Å². The van der Waals surface area contributed by atoms with Crippen LogP contribution in [0.5, 0.6) is 0 Å². The van der Waals surface area contributed by atoms with Crippen LogP contribution in [-0.4, -0.2) is 56.2 Å². The quantitative estimate of drug-likeness (QED) is 0.536. The Balaban J connectivity index is 1.37. The SMILES string of the molecule is CN(c1nncc2ccoc12)C1CN(c2ccc3nnc(C(C)(C)C)n3n2)C1. The van der Waals surface area contributed by atoms with E-state index in [1.807, 2.05) is 29.8 Å². The van der Waals surface area contributed by atoms with E-state index in [0.29, 0.717) is 6.04 Å². The van der Waals surface area contributed by atoms with E-state index < -0.39 is 0 Å². The highest BCUT2D eigenvalue weighted by Gasteiger charge is 2.33. The summed E-state index contributed by atoms with van der Waals surface area (Å²) in [6.45, 7) is 8.04. The van der Waals surface area contributed by atoms with E-state index in [0.717, 1.165) is 47.2 Å². The molecule has 0 bridgehead atoms. The highest BCUT2D eigenvalue weighted by molar-refractivity contribution is 5.86. The van der Waals surface area contributed by atoms with Crippen LogP contribution in [0.4, 0.5) is 11.6 Å². The second kappa shape index (κ2) is 5.88. The molecule has 28 heavy (non-hydrogen) atoms. The predicted octanol–water partition coefficient (Wildman–Crippen LogP) is 2.28. The minimum Gasteiger partial charge on any atom is -0.460 e. The molecule has 0 amide bonds. The molecular formula is C19H22N8O. The Morgan fingerprint density at radius 2 is 1.93 bits per heavy atom. The van der Waals surface area contributed by atoms with Gasteiger partial charge in [0, 0.05) is 30.9 Å². The maximum Gasteiger partial charge on any atom is 0.195 e. The van der Waals surface area contributed by atoms with Gasteiger partial charge in [-0.15, -0.1) is 20.4 Å². The van der Waals surface area contributed by atoms with Crippen molar-refractivity contribution in [3.8, 4) is 0 Å². The molecule has 1 saturated heterocycles. The third-order valence-electron chi connectivity index (χ3n) is 5.24. The van der Waals surface area contributed by atoms with Crippen LogP contribution in [-0.2, 0) is 5.41 Å². The number of furan rings is 1. The molecule has 4 aromatic heterocycles. The molecule has 9 nitrogen and oxygen atoms in total. The first kappa shape index (κ1) is 16.9. The van der Waals surface area contributed by atoms with Crippen LogP contribution in [0.15, 0.2) is 35.1 Å². The number of likely N-dealkylation sites (N-methyl/N-ethyl adjacent to an activating group) is 1. The fraction of sp³-hybridized carbons (Fsp3) is 0.421. The highest BCUT2D eigenvalue weighted by atomic mass is 16.3. The van der Waals surface area contributed by atoms with Gasteiger partial charge in [0.15, 0.2) is 22.9 Å². The molecule has 1 aliphatic rings. The lowest BCUT2D eigenvalue weighted by molar-refractivity contribution is 0.480. The van der Waals surface area contributed by atoms with E-state index in [9.17, 15) is 0 Å². The van der Waals surface area contributed by atoms with Crippen LogP contribution in [0.1, 0.15) is 26.6 Å². The van der Waals surface area contributed by atoms with Crippen LogP contribution >= 0.6 is 0 Å². The van der Waals surface area contributed by atoms with Crippen molar-refractivity contribution in [2.45, 2.75) is 32.2 Å². The highest BCUT2D eigenvalue weighted by Crippen LogP contribution is 2.29. The summed E-state index contributed by atoms with van der Waals surface area (Å²) in [5, 5.41) is 22.7. The standard InChI is InChI=1S/C19H22N8O/c1-19(2,3)18-23-21-14-5-6-15(24-27(14)18)26-10-13(11-26)25(4)17-16-12(7-8-28-16)9-20-22-17/h5-9,13H,10-11H2,1-4H3. The van der Waals surface area contributed by atoms with Crippen molar-refractivity contribution in [1.82, 2.24) is 30.0 Å². The zero-order valence-corrected chi connectivity index (χ0v) is 16.4. The first-order chi connectivity index (χ1) is 13.4. The smallest absolute Gasteiger partial charge is 0.195 e. The van der Waals surface area contributed by atoms with Gasteiger partial charge in [-0.05, 0) is 18.2 Å². The van der Waals surface area contributed by atoms with E-state index in [-0.39, 0.29) is 5.41 Å². The monoisotopic (exact) mass is 378 g/mol. The van der Waals surface area contributed by atoms with Crippen molar-refractivity contribution in [2.24, 2.45) is 0 Å². The van der Waals surface area contributed by atoms with Crippen molar-refractivity contribution in [2.75, 3.05) is 29.9 Å².